The van der Waals surface area contributed by atoms with E-state index >= 15 is 0 Å². The molecule has 0 radical (unpaired) electrons. The largest absolute Gasteiger partial charge is 0.262 e. The third kappa shape index (κ3) is 12.3. The van der Waals surface area contributed by atoms with Crippen molar-refractivity contribution in [3.63, 3.8) is 0 Å². The van der Waals surface area contributed by atoms with E-state index in [1.807, 2.05) is 11.9 Å². The fourth-order valence-corrected chi connectivity index (χ4v) is 1.93. The number of rotatable bonds is 8. The average Bonchev–Trinajstić information content (AvgIpc) is 2.01. The molecule has 0 amide bonds. The van der Waals surface area contributed by atoms with Gasteiger partial charge in [0.15, 0.2) is 0 Å². The standard InChI is InChI=1S/C11H25NS/c1-10(2)8-6-5-7-9-13-12-11(3)4/h10-12H,5-9H2,1-4H3. The van der Waals surface area contributed by atoms with E-state index in [9.17, 15) is 0 Å². The topological polar surface area (TPSA) is 12.0 Å². The van der Waals surface area contributed by atoms with Gasteiger partial charge in [0.05, 0.1) is 0 Å². The SMILES string of the molecule is CC(C)CCCCCSNC(C)C. The highest BCUT2D eigenvalue weighted by molar-refractivity contribution is 7.97. The van der Waals surface area contributed by atoms with Gasteiger partial charge in [-0.1, -0.05) is 45.1 Å². The van der Waals surface area contributed by atoms with Crippen molar-refractivity contribution in [1.29, 1.82) is 0 Å². The van der Waals surface area contributed by atoms with Gasteiger partial charge < -0.3 is 0 Å². The van der Waals surface area contributed by atoms with Crippen LogP contribution in [0.1, 0.15) is 53.4 Å². The van der Waals surface area contributed by atoms with Crippen LogP contribution in [0.15, 0.2) is 0 Å². The zero-order valence-corrected chi connectivity index (χ0v) is 10.4. The van der Waals surface area contributed by atoms with Crippen LogP contribution < -0.4 is 4.72 Å². The molecule has 0 saturated carbocycles. The average molecular weight is 203 g/mol. The smallest absolute Gasteiger partial charge is 0.0115 e. The van der Waals surface area contributed by atoms with Gasteiger partial charge in [-0.25, -0.2) is 0 Å². The number of unbranched alkanes of at least 4 members (excludes halogenated alkanes) is 2. The Bertz CT molecular complexity index is 90.3. The van der Waals surface area contributed by atoms with Gasteiger partial charge >= 0.3 is 0 Å². The molecule has 1 nitrogen and oxygen atoms in total. The van der Waals surface area contributed by atoms with E-state index < -0.39 is 0 Å². The fourth-order valence-electron chi connectivity index (χ4n) is 1.13. The highest BCUT2D eigenvalue weighted by Crippen LogP contribution is 2.10. The molecule has 0 aliphatic heterocycles. The van der Waals surface area contributed by atoms with Crippen LogP contribution in [0.25, 0.3) is 0 Å². The van der Waals surface area contributed by atoms with Crippen molar-refractivity contribution in [3.8, 4) is 0 Å². The summed E-state index contributed by atoms with van der Waals surface area (Å²) in [6, 6.07) is 0.612. The molecule has 0 rings (SSSR count). The van der Waals surface area contributed by atoms with Crippen LogP contribution >= 0.6 is 11.9 Å². The first-order valence-electron chi connectivity index (χ1n) is 5.50. The molecule has 0 aromatic heterocycles. The normalized spacial score (nSPS) is 11.5. The summed E-state index contributed by atoms with van der Waals surface area (Å²) in [5.74, 6) is 2.14. The van der Waals surface area contributed by atoms with Crippen LogP contribution in [-0.4, -0.2) is 11.8 Å². The van der Waals surface area contributed by atoms with E-state index in [4.69, 9.17) is 0 Å². The Labute approximate surface area is 88.2 Å². The van der Waals surface area contributed by atoms with Gasteiger partial charge in [-0.05, 0) is 26.2 Å². The van der Waals surface area contributed by atoms with Crippen LogP contribution in [0.2, 0.25) is 0 Å². The van der Waals surface area contributed by atoms with Crippen molar-refractivity contribution in [2.75, 3.05) is 5.75 Å². The summed E-state index contributed by atoms with van der Waals surface area (Å²) in [5, 5.41) is 0. The third-order valence-corrected chi connectivity index (χ3v) is 2.98. The molecule has 13 heavy (non-hydrogen) atoms. The van der Waals surface area contributed by atoms with Crippen LogP contribution in [0.5, 0.6) is 0 Å². The number of hydrogen-bond donors (Lipinski definition) is 1. The first-order chi connectivity index (χ1) is 6.13. The Morgan fingerprint density at radius 3 is 2.23 bits per heavy atom. The van der Waals surface area contributed by atoms with E-state index in [1.165, 1.54) is 31.4 Å². The second-order valence-electron chi connectivity index (χ2n) is 4.36. The van der Waals surface area contributed by atoms with Crippen molar-refractivity contribution in [2.24, 2.45) is 5.92 Å². The summed E-state index contributed by atoms with van der Waals surface area (Å²) in [5.41, 5.74) is 0. The van der Waals surface area contributed by atoms with Gasteiger partial charge in [-0.2, -0.15) is 0 Å². The van der Waals surface area contributed by atoms with Gasteiger partial charge in [-0.15, -0.1) is 0 Å². The molecule has 1 N–H and O–H groups in total. The van der Waals surface area contributed by atoms with E-state index in [-0.39, 0.29) is 0 Å². The van der Waals surface area contributed by atoms with Crippen molar-refractivity contribution in [2.45, 2.75) is 59.4 Å². The van der Waals surface area contributed by atoms with E-state index in [0.29, 0.717) is 6.04 Å². The van der Waals surface area contributed by atoms with E-state index in [0.717, 1.165) is 5.92 Å². The molecule has 0 heterocycles. The fraction of sp³-hybridized carbons (Fsp3) is 1.00. The summed E-state index contributed by atoms with van der Waals surface area (Å²) in [6.45, 7) is 8.97. The molecule has 0 aromatic carbocycles. The van der Waals surface area contributed by atoms with Crippen LogP contribution in [0.3, 0.4) is 0 Å². The first-order valence-corrected chi connectivity index (χ1v) is 6.48. The van der Waals surface area contributed by atoms with Gasteiger partial charge in [0, 0.05) is 11.8 Å². The Morgan fingerprint density at radius 2 is 1.69 bits per heavy atom. The lowest BCUT2D eigenvalue weighted by Gasteiger charge is -2.07. The first kappa shape index (κ1) is 13.3. The second kappa shape index (κ2) is 8.89. The zero-order valence-electron chi connectivity index (χ0n) is 9.60. The summed E-state index contributed by atoms with van der Waals surface area (Å²) >= 11 is 1.87. The highest BCUT2D eigenvalue weighted by Gasteiger charge is 1.95. The van der Waals surface area contributed by atoms with Crippen molar-refractivity contribution in [1.82, 2.24) is 4.72 Å². The maximum atomic E-state index is 3.36. The Kier molecular flexibility index (Phi) is 9.10. The Balaban J connectivity index is 2.92. The molecule has 80 valence electrons. The summed E-state index contributed by atoms with van der Waals surface area (Å²) in [4.78, 5) is 0. The molecular formula is C11H25NS. The summed E-state index contributed by atoms with van der Waals surface area (Å²) in [6.07, 6.45) is 5.55. The lowest BCUT2D eigenvalue weighted by atomic mass is 10.1. The van der Waals surface area contributed by atoms with Crippen molar-refractivity contribution >= 4 is 11.9 Å². The lowest BCUT2D eigenvalue weighted by molar-refractivity contribution is 0.535. The van der Waals surface area contributed by atoms with Crippen molar-refractivity contribution in [3.05, 3.63) is 0 Å². The molecule has 0 atom stereocenters. The van der Waals surface area contributed by atoms with Crippen LogP contribution in [-0.2, 0) is 0 Å². The Hall–Kier alpha value is 0.310. The molecule has 2 heteroatoms. The minimum Gasteiger partial charge on any atom is -0.262 e. The Morgan fingerprint density at radius 1 is 1.00 bits per heavy atom. The van der Waals surface area contributed by atoms with Gasteiger partial charge in [0.2, 0.25) is 0 Å². The van der Waals surface area contributed by atoms with Gasteiger partial charge in [0.1, 0.15) is 0 Å². The molecule has 0 unspecified atom stereocenters. The minimum absolute atomic E-state index is 0.612. The monoisotopic (exact) mass is 203 g/mol. The quantitative estimate of drug-likeness (QED) is 0.475. The molecule has 0 aliphatic carbocycles. The minimum atomic E-state index is 0.612. The van der Waals surface area contributed by atoms with E-state index in [2.05, 4.69) is 32.4 Å². The molecule has 0 aromatic rings. The molecule has 0 aliphatic rings. The molecule has 0 spiro atoms. The van der Waals surface area contributed by atoms with Gasteiger partial charge in [0.25, 0.3) is 0 Å². The van der Waals surface area contributed by atoms with E-state index in [1.54, 1.807) is 0 Å². The second-order valence-corrected chi connectivity index (χ2v) is 5.30. The van der Waals surface area contributed by atoms with Gasteiger partial charge in [-0.3, -0.25) is 4.72 Å². The molecule has 0 fully saturated rings. The number of nitrogens with one attached hydrogen (secondary N) is 1. The number of hydrogen-bond acceptors (Lipinski definition) is 2. The molecule has 0 bridgehead atoms. The highest BCUT2D eigenvalue weighted by atomic mass is 32.2. The lowest BCUT2D eigenvalue weighted by Crippen LogP contribution is -2.14. The van der Waals surface area contributed by atoms with Crippen LogP contribution in [0, 0.1) is 5.92 Å². The molecule has 0 saturated heterocycles. The zero-order chi connectivity index (χ0) is 10.1. The molecular weight excluding hydrogens is 178 g/mol. The van der Waals surface area contributed by atoms with Crippen molar-refractivity contribution < 1.29 is 0 Å². The predicted molar refractivity (Wildman–Crippen MR) is 64.0 cm³/mol. The summed E-state index contributed by atoms with van der Waals surface area (Å²) < 4.78 is 3.36. The maximum absolute atomic E-state index is 3.36. The van der Waals surface area contributed by atoms with Crippen LogP contribution in [0.4, 0.5) is 0 Å². The summed E-state index contributed by atoms with van der Waals surface area (Å²) in [7, 11) is 0. The maximum Gasteiger partial charge on any atom is 0.0115 e. The third-order valence-electron chi connectivity index (χ3n) is 1.85. The predicted octanol–water partition coefficient (Wildman–Crippen LogP) is 3.85.